The first-order chi connectivity index (χ1) is 13.0. The molecular formula is C22H32N2O3. The number of ether oxygens (including phenoxy) is 1. The highest BCUT2D eigenvalue weighted by Crippen LogP contribution is 2.35. The fourth-order valence-corrected chi connectivity index (χ4v) is 4.60. The number of carbonyl (C=O) groups excluding carboxylic acids is 2. The Hall–Kier alpha value is -2.04. The van der Waals surface area contributed by atoms with Crippen LogP contribution < -0.4 is 5.32 Å². The van der Waals surface area contributed by atoms with Crippen molar-refractivity contribution in [3.05, 3.63) is 35.4 Å². The third-order valence-corrected chi connectivity index (χ3v) is 5.91. The number of likely N-dealkylation sites (tertiary alicyclic amines) is 1. The standard InChI is InChI=1S/C22H32N2O3/c1-3-27-20(25)16-22(12-5-4-6-13-22)23-21(26)24-14-8-11-19(24)18-10-7-9-17(2)15-18/h7,9-10,15,19H,3-6,8,11-14,16H2,1-2H3,(H,23,26). The summed E-state index contributed by atoms with van der Waals surface area (Å²) in [4.78, 5) is 27.3. The Balaban J connectivity index is 1.73. The predicted octanol–water partition coefficient (Wildman–Crippen LogP) is 4.50. The van der Waals surface area contributed by atoms with Crippen LogP contribution in [0.1, 0.15) is 75.5 Å². The lowest BCUT2D eigenvalue weighted by molar-refractivity contribution is -0.145. The molecule has 148 valence electrons. The van der Waals surface area contributed by atoms with Crippen LogP contribution in [0.15, 0.2) is 24.3 Å². The second-order valence-corrected chi connectivity index (χ2v) is 8.02. The lowest BCUT2D eigenvalue weighted by Crippen LogP contribution is -2.55. The molecule has 2 aliphatic rings. The van der Waals surface area contributed by atoms with E-state index in [1.165, 1.54) is 11.1 Å². The molecule has 1 aliphatic carbocycles. The van der Waals surface area contributed by atoms with E-state index in [0.717, 1.165) is 51.5 Å². The normalized spacial score (nSPS) is 21.7. The van der Waals surface area contributed by atoms with Gasteiger partial charge in [-0.3, -0.25) is 4.79 Å². The van der Waals surface area contributed by atoms with Crippen molar-refractivity contribution in [2.45, 2.75) is 76.8 Å². The molecule has 1 saturated carbocycles. The molecule has 5 nitrogen and oxygen atoms in total. The van der Waals surface area contributed by atoms with Crippen molar-refractivity contribution in [2.24, 2.45) is 0 Å². The van der Waals surface area contributed by atoms with Gasteiger partial charge in [0.2, 0.25) is 0 Å². The average molecular weight is 373 g/mol. The highest BCUT2D eigenvalue weighted by molar-refractivity contribution is 5.78. The molecule has 27 heavy (non-hydrogen) atoms. The van der Waals surface area contributed by atoms with Gasteiger partial charge in [0.05, 0.1) is 24.6 Å². The zero-order valence-corrected chi connectivity index (χ0v) is 16.6. The first kappa shape index (κ1) is 19.7. The van der Waals surface area contributed by atoms with E-state index in [0.29, 0.717) is 6.61 Å². The summed E-state index contributed by atoms with van der Waals surface area (Å²) < 4.78 is 5.18. The molecule has 1 saturated heterocycles. The van der Waals surface area contributed by atoms with Crippen molar-refractivity contribution in [3.8, 4) is 0 Å². The van der Waals surface area contributed by atoms with Gasteiger partial charge in [0.15, 0.2) is 0 Å². The molecule has 0 radical (unpaired) electrons. The molecular weight excluding hydrogens is 340 g/mol. The van der Waals surface area contributed by atoms with Gasteiger partial charge in [0.1, 0.15) is 0 Å². The van der Waals surface area contributed by atoms with Gasteiger partial charge in [-0.05, 0) is 45.1 Å². The molecule has 1 aromatic carbocycles. The second kappa shape index (κ2) is 8.77. The first-order valence-electron chi connectivity index (χ1n) is 10.3. The van der Waals surface area contributed by atoms with Crippen molar-refractivity contribution in [1.29, 1.82) is 0 Å². The zero-order valence-electron chi connectivity index (χ0n) is 16.6. The Morgan fingerprint density at radius 2 is 2.00 bits per heavy atom. The lowest BCUT2D eigenvalue weighted by Gasteiger charge is -2.39. The van der Waals surface area contributed by atoms with Crippen LogP contribution in [0.25, 0.3) is 0 Å². The van der Waals surface area contributed by atoms with E-state index in [9.17, 15) is 9.59 Å². The summed E-state index contributed by atoms with van der Waals surface area (Å²) in [6.07, 6.45) is 7.22. The largest absolute Gasteiger partial charge is 0.466 e. The van der Waals surface area contributed by atoms with Gasteiger partial charge in [0, 0.05) is 6.54 Å². The number of hydrogen-bond acceptors (Lipinski definition) is 3. The highest BCUT2D eigenvalue weighted by Gasteiger charge is 2.39. The number of aryl methyl sites for hydroxylation is 1. The molecule has 1 atom stereocenters. The van der Waals surface area contributed by atoms with Crippen molar-refractivity contribution in [3.63, 3.8) is 0 Å². The minimum Gasteiger partial charge on any atom is -0.466 e. The van der Waals surface area contributed by atoms with Crippen molar-refractivity contribution >= 4 is 12.0 Å². The maximum Gasteiger partial charge on any atom is 0.318 e. The van der Waals surface area contributed by atoms with E-state index < -0.39 is 5.54 Å². The van der Waals surface area contributed by atoms with Gasteiger partial charge >= 0.3 is 12.0 Å². The smallest absolute Gasteiger partial charge is 0.318 e. The van der Waals surface area contributed by atoms with Crippen molar-refractivity contribution < 1.29 is 14.3 Å². The Kier molecular flexibility index (Phi) is 6.40. The fraction of sp³-hybridized carbons (Fsp3) is 0.636. The van der Waals surface area contributed by atoms with Crippen molar-refractivity contribution in [2.75, 3.05) is 13.2 Å². The van der Waals surface area contributed by atoms with Crippen molar-refractivity contribution in [1.82, 2.24) is 10.2 Å². The SMILES string of the molecule is CCOC(=O)CC1(NC(=O)N2CCCC2c2cccc(C)c2)CCCCC1. The van der Waals surface area contributed by atoms with Crippen LogP contribution >= 0.6 is 0 Å². The number of carbonyl (C=O) groups is 2. The summed E-state index contributed by atoms with van der Waals surface area (Å²) in [5.74, 6) is -0.212. The van der Waals surface area contributed by atoms with E-state index in [2.05, 4.69) is 36.5 Å². The molecule has 0 spiro atoms. The molecule has 1 aliphatic heterocycles. The molecule has 1 N–H and O–H groups in total. The molecule has 2 fully saturated rings. The maximum absolute atomic E-state index is 13.2. The molecule has 2 amide bonds. The number of nitrogens with zero attached hydrogens (tertiary/aromatic N) is 1. The Labute approximate surface area is 162 Å². The molecule has 0 bridgehead atoms. The van der Waals surface area contributed by atoms with Crippen LogP contribution in [0.5, 0.6) is 0 Å². The summed E-state index contributed by atoms with van der Waals surface area (Å²) in [5, 5.41) is 3.26. The second-order valence-electron chi connectivity index (χ2n) is 8.02. The third kappa shape index (κ3) is 4.82. The number of amides is 2. The van der Waals surface area contributed by atoms with E-state index in [1.54, 1.807) is 0 Å². The summed E-state index contributed by atoms with van der Waals surface area (Å²) >= 11 is 0. The topological polar surface area (TPSA) is 58.6 Å². The minimum absolute atomic E-state index is 0.0368. The Morgan fingerprint density at radius 3 is 2.70 bits per heavy atom. The van der Waals surface area contributed by atoms with Gasteiger partial charge in [-0.2, -0.15) is 0 Å². The average Bonchev–Trinajstić information content (AvgIpc) is 3.12. The maximum atomic E-state index is 13.2. The number of esters is 1. The molecule has 0 aromatic heterocycles. The van der Waals surface area contributed by atoms with E-state index in [4.69, 9.17) is 4.74 Å². The summed E-state index contributed by atoms with van der Waals surface area (Å²) in [7, 11) is 0. The molecule has 1 heterocycles. The molecule has 1 aromatic rings. The number of benzene rings is 1. The Morgan fingerprint density at radius 1 is 1.22 bits per heavy atom. The fourth-order valence-electron chi connectivity index (χ4n) is 4.60. The number of rotatable bonds is 5. The third-order valence-electron chi connectivity index (χ3n) is 5.91. The van der Waals surface area contributed by atoms with Crippen LogP contribution in [0, 0.1) is 6.92 Å². The van der Waals surface area contributed by atoms with Crippen LogP contribution in [-0.2, 0) is 9.53 Å². The van der Waals surface area contributed by atoms with Gasteiger partial charge in [-0.25, -0.2) is 4.79 Å². The van der Waals surface area contributed by atoms with E-state index in [-0.39, 0.29) is 24.5 Å². The molecule has 1 unspecified atom stereocenters. The van der Waals surface area contributed by atoms with Crippen LogP contribution in [-0.4, -0.2) is 35.6 Å². The first-order valence-corrected chi connectivity index (χ1v) is 10.3. The molecule has 3 rings (SSSR count). The quantitative estimate of drug-likeness (QED) is 0.774. The number of hydrogen-bond donors (Lipinski definition) is 1. The van der Waals surface area contributed by atoms with Crippen LogP contribution in [0.2, 0.25) is 0 Å². The van der Waals surface area contributed by atoms with Gasteiger partial charge in [0.25, 0.3) is 0 Å². The van der Waals surface area contributed by atoms with E-state index >= 15 is 0 Å². The minimum atomic E-state index is -0.457. The van der Waals surface area contributed by atoms with Crippen LogP contribution in [0.3, 0.4) is 0 Å². The monoisotopic (exact) mass is 372 g/mol. The number of nitrogens with one attached hydrogen (secondary N) is 1. The summed E-state index contributed by atoms with van der Waals surface area (Å²) in [6.45, 7) is 5.05. The predicted molar refractivity (Wildman–Crippen MR) is 105 cm³/mol. The highest BCUT2D eigenvalue weighted by atomic mass is 16.5. The van der Waals surface area contributed by atoms with Gasteiger partial charge < -0.3 is 15.0 Å². The Bertz CT molecular complexity index is 667. The van der Waals surface area contributed by atoms with Crippen LogP contribution in [0.4, 0.5) is 4.79 Å². The number of urea groups is 1. The van der Waals surface area contributed by atoms with Gasteiger partial charge in [-0.15, -0.1) is 0 Å². The molecule has 5 heteroatoms. The zero-order chi connectivity index (χ0) is 19.3. The lowest BCUT2D eigenvalue weighted by atomic mass is 9.79. The summed E-state index contributed by atoms with van der Waals surface area (Å²) in [6, 6.07) is 8.50. The van der Waals surface area contributed by atoms with Gasteiger partial charge in [-0.1, -0.05) is 49.1 Å². The van der Waals surface area contributed by atoms with E-state index in [1.807, 2.05) is 11.8 Å². The summed E-state index contributed by atoms with van der Waals surface area (Å²) in [5.41, 5.74) is 1.96.